The minimum Gasteiger partial charge on any atom is -0.444 e. The van der Waals surface area contributed by atoms with E-state index in [4.69, 9.17) is 4.74 Å². The van der Waals surface area contributed by atoms with Crippen molar-refractivity contribution in [1.82, 2.24) is 20.4 Å². The van der Waals surface area contributed by atoms with Gasteiger partial charge < -0.3 is 15.4 Å². The number of aryl methyl sites for hydroxylation is 1. The van der Waals surface area contributed by atoms with Crippen LogP contribution in [0, 0.1) is 5.92 Å². The lowest BCUT2D eigenvalue weighted by Crippen LogP contribution is -2.47. The van der Waals surface area contributed by atoms with Crippen LogP contribution < -0.4 is 10.6 Å². The molecule has 0 radical (unpaired) electrons. The first-order chi connectivity index (χ1) is 10.6. The molecule has 132 valence electrons. The van der Waals surface area contributed by atoms with Gasteiger partial charge in [0.2, 0.25) is 0 Å². The monoisotopic (exact) mass is 324 g/mol. The smallest absolute Gasteiger partial charge is 0.407 e. The van der Waals surface area contributed by atoms with Gasteiger partial charge in [0, 0.05) is 36.9 Å². The summed E-state index contributed by atoms with van der Waals surface area (Å²) < 4.78 is 7.25. The van der Waals surface area contributed by atoms with Crippen LogP contribution in [0.25, 0.3) is 0 Å². The Morgan fingerprint density at radius 1 is 1.35 bits per heavy atom. The lowest BCUT2D eigenvalue weighted by molar-refractivity contribution is 0.0489. The van der Waals surface area contributed by atoms with Crippen molar-refractivity contribution in [2.45, 2.75) is 72.7 Å². The van der Waals surface area contributed by atoms with E-state index in [2.05, 4.69) is 43.4 Å². The fourth-order valence-corrected chi connectivity index (χ4v) is 2.11. The molecule has 0 aliphatic rings. The zero-order valence-corrected chi connectivity index (χ0v) is 15.5. The molecular formula is C17H32N4O2. The van der Waals surface area contributed by atoms with E-state index in [0.717, 1.165) is 12.1 Å². The zero-order valence-electron chi connectivity index (χ0n) is 15.5. The van der Waals surface area contributed by atoms with Crippen molar-refractivity contribution < 1.29 is 9.53 Å². The Kier molecular flexibility index (Phi) is 7.06. The zero-order chi connectivity index (χ0) is 17.6. The van der Waals surface area contributed by atoms with Gasteiger partial charge in [0.05, 0.1) is 6.20 Å². The Morgan fingerprint density at radius 3 is 2.48 bits per heavy atom. The summed E-state index contributed by atoms with van der Waals surface area (Å²) in [6.07, 6.45) is 3.56. The van der Waals surface area contributed by atoms with Crippen molar-refractivity contribution in [3.8, 4) is 0 Å². The van der Waals surface area contributed by atoms with Crippen molar-refractivity contribution in [2.24, 2.45) is 5.92 Å². The maximum absolute atomic E-state index is 12.0. The number of nitrogens with zero attached hydrogens (tertiary/aromatic N) is 2. The summed E-state index contributed by atoms with van der Waals surface area (Å²) in [6.45, 7) is 15.5. The van der Waals surface area contributed by atoms with E-state index in [-0.39, 0.29) is 18.2 Å². The van der Waals surface area contributed by atoms with Gasteiger partial charge in [0.15, 0.2) is 0 Å². The van der Waals surface area contributed by atoms with Crippen LogP contribution in [-0.4, -0.2) is 34.1 Å². The fourth-order valence-electron chi connectivity index (χ4n) is 2.11. The molecular weight excluding hydrogens is 292 g/mol. The molecule has 1 heterocycles. The van der Waals surface area contributed by atoms with Crippen molar-refractivity contribution in [3.05, 3.63) is 18.0 Å². The van der Waals surface area contributed by atoms with E-state index in [9.17, 15) is 4.79 Å². The quantitative estimate of drug-likeness (QED) is 0.808. The maximum Gasteiger partial charge on any atom is 0.407 e. The fraction of sp³-hybridized carbons (Fsp3) is 0.765. The second kappa shape index (κ2) is 8.34. The van der Waals surface area contributed by atoms with Gasteiger partial charge in [0.25, 0.3) is 0 Å². The van der Waals surface area contributed by atoms with E-state index in [1.165, 1.54) is 0 Å². The summed E-state index contributed by atoms with van der Waals surface area (Å²) in [5.74, 6) is 0.306. The molecule has 0 aromatic carbocycles. The number of ether oxygens (including phenoxy) is 1. The number of carbonyl (C=O) groups is 1. The Hall–Kier alpha value is -1.56. The summed E-state index contributed by atoms with van der Waals surface area (Å²) in [4.78, 5) is 12.0. The van der Waals surface area contributed by atoms with Crippen LogP contribution in [0.4, 0.5) is 4.79 Å². The van der Waals surface area contributed by atoms with E-state index in [0.29, 0.717) is 12.5 Å². The largest absolute Gasteiger partial charge is 0.444 e. The summed E-state index contributed by atoms with van der Waals surface area (Å²) in [7, 11) is 0. The van der Waals surface area contributed by atoms with E-state index < -0.39 is 5.60 Å². The molecule has 6 heteroatoms. The Bertz CT molecular complexity index is 491. The third-order valence-electron chi connectivity index (χ3n) is 3.63. The number of carbonyl (C=O) groups excluding carboxylic acids is 1. The van der Waals surface area contributed by atoms with Crippen LogP contribution in [-0.2, 0) is 11.3 Å². The van der Waals surface area contributed by atoms with E-state index >= 15 is 0 Å². The van der Waals surface area contributed by atoms with Gasteiger partial charge in [-0.2, -0.15) is 5.10 Å². The normalized spacial score (nSPS) is 14.6. The predicted molar refractivity (Wildman–Crippen MR) is 92.3 cm³/mol. The van der Waals surface area contributed by atoms with Crippen LogP contribution in [0.5, 0.6) is 0 Å². The third-order valence-corrected chi connectivity index (χ3v) is 3.63. The molecule has 0 saturated heterocycles. The van der Waals surface area contributed by atoms with Gasteiger partial charge in [-0.15, -0.1) is 0 Å². The average molecular weight is 324 g/mol. The summed E-state index contributed by atoms with van der Waals surface area (Å²) in [5, 5.41) is 10.7. The first-order valence-corrected chi connectivity index (χ1v) is 8.37. The van der Waals surface area contributed by atoms with Crippen LogP contribution >= 0.6 is 0 Å². The molecule has 0 aliphatic heterocycles. The molecule has 2 N–H and O–H groups in total. The average Bonchev–Trinajstić information content (AvgIpc) is 2.89. The SMILES string of the molecule is CCn1cc(C(C)NCC(NC(=O)OC(C)(C)C)C(C)C)cn1. The first-order valence-electron chi connectivity index (χ1n) is 8.37. The van der Waals surface area contributed by atoms with Crippen LogP contribution in [0.3, 0.4) is 0 Å². The maximum atomic E-state index is 12.0. The molecule has 1 aromatic rings. The Labute approximate surface area is 140 Å². The first kappa shape index (κ1) is 19.5. The van der Waals surface area contributed by atoms with Crippen LogP contribution in [0.15, 0.2) is 12.4 Å². The Balaban J connectivity index is 2.54. The van der Waals surface area contributed by atoms with Crippen molar-refractivity contribution in [3.63, 3.8) is 0 Å². The van der Waals surface area contributed by atoms with Gasteiger partial charge in [-0.3, -0.25) is 4.68 Å². The summed E-state index contributed by atoms with van der Waals surface area (Å²) in [5.41, 5.74) is 0.660. The highest BCUT2D eigenvalue weighted by molar-refractivity contribution is 5.68. The lowest BCUT2D eigenvalue weighted by Gasteiger charge is -2.27. The summed E-state index contributed by atoms with van der Waals surface area (Å²) in [6, 6.07) is 0.186. The summed E-state index contributed by atoms with van der Waals surface area (Å²) >= 11 is 0. The standard InChI is InChI=1S/C17H32N4O2/c1-8-21-11-14(9-19-21)13(4)18-10-15(12(2)3)20-16(22)23-17(5,6)7/h9,11-13,15,18H,8,10H2,1-7H3,(H,20,22). The van der Waals surface area contributed by atoms with E-state index in [1.54, 1.807) is 0 Å². The number of rotatable bonds is 7. The molecule has 1 rings (SSSR count). The van der Waals surface area contributed by atoms with Gasteiger partial charge in [-0.25, -0.2) is 4.79 Å². The molecule has 1 aromatic heterocycles. The molecule has 23 heavy (non-hydrogen) atoms. The Morgan fingerprint density at radius 2 is 2.00 bits per heavy atom. The van der Waals surface area contributed by atoms with Crippen molar-refractivity contribution in [1.29, 1.82) is 0 Å². The molecule has 2 atom stereocenters. The lowest BCUT2D eigenvalue weighted by atomic mass is 10.0. The van der Waals surface area contributed by atoms with E-state index in [1.807, 2.05) is 37.8 Å². The second-order valence-corrected chi connectivity index (χ2v) is 7.26. The number of alkyl carbamates (subject to hydrolysis) is 1. The highest BCUT2D eigenvalue weighted by Crippen LogP contribution is 2.12. The van der Waals surface area contributed by atoms with Gasteiger partial charge in [0.1, 0.15) is 5.60 Å². The second-order valence-electron chi connectivity index (χ2n) is 7.26. The van der Waals surface area contributed by atoms with Crippen LogP contribution in [0.1, 0.15) is 60.1 Å². The number of amides is 1. The molecule has 2 unspecified atom stereocenters. The van der Waals surface area contributed by atoms with Crippen molar-refractivity contribution in [2.75, 3.05) is 6.54 Å². The molecule has 0 saturated carbocycles. The van der Waals surface area contributed by atoms with Crippen molar-refractivity contribution >= 4 is 6.09 Å². The number of hydrogen-bond donors (Lipinski definition) is 2. The molecule has 1 amide bonds. The molecule has 0 fully saturated rings. The molecule has 0 aliphatic carbocycles. The molecule has 0 bridgehead atoms. The minimum atomic E-state index is -0.485. The molecule has 6 nitrogen and oxygen atoms in total. The van der Waals surface area contributed by atoms with Gasteiger partial charge in [-0.1, -0.05) is 13.8 Å². The number of aromatic nitrogens is 2. The van der Waals surface area contributed by atoms with Crippen LogP contribution in [0.2, 0.25) is 0 Å². The topological polar surface area (TPSA) is 68.2 Å². The minimum absolute atomic E-state index is 0.00789. The third kappa shape index (κ3) is 7.03. The highest BCUT2D eigenvalue weighted by atomic mass is 16.6. The number of hydrogen-bond acceptors (Lipinski definition) is 4. The predicted octanol–water partition coefficient (Wildman–Crippen LogP) is 3.10. The molecule has 0 spiro atoms. The van der Waals surface area contributed by atoms with Gasteiger partial charge >= 0.3 is 6.09 Å². The van der Waals surface area contributed by atoms with Gasteiger partial charge in [-0.05, 0) is 40.5 Å². The number of nitrogens with one attached hydrogen (secondary N) is 2. The highest BCUT2D eigenvalue weighted by Gasteiger charge is 2.22.